The number of halogens is 1. The summed E-state index contributed by atoms with van der Waals surface area (Å²) in [6.45, 7) is 5.85. The molecule has 0 bridgehead atoms. The van der Waals surface area contributed by atoms with Crippen LogP contribution in [0.15, 0.2) is 15.0 Å². The van der Waals surface area contributed by atoms with Crippen molar-refractivity contribution in [3.8, 4) is 11.3 Å². The standard InChI is InChI=1S/C11H12ClNO2/c1-6-7(2)14-8(3)11(6)9-5-13-10(4-12)15-9/h5H,4H2,1-3H3. The van der Waals surface area contributed by atoms with Gasteiger partial charge in [0, 0.05) is 5.56 Å². The third-order valence-corrected chi connectivity index (χ3v) is 2.70. The second-order valence-corrected chi connectivity index (χ2v) is 3.73. The van der Waals surface area contributed by atoms with E-state index in [0.717, 1.165) is 28.4 Å². The highest BCUT2D eigenvalue weighted by Crippen LogP contribution is 2.31. The van der Waals surface area contributed by atoms with E-state index >= 15 is 0 Å². The number of alkyl halides is 1. The van der Waals surface area contributed by atoms with Gasteiger partial charge in [-0.3, -0.25) is 0 Å². The van der Waals surface area contributed by atoms with Crippen molar-refractivity contribution in [2.24, 2.45) is 0 Å². The minimum Gasteiger partial charge on any atom is -0.466 e. The van der Waals surface area contributed by atoms with E-state index in [9.17, 15) is 0 Å². The minimum absolute atomic E-state index is 0.287. The molecule has 2 aromatic rings. The molecule has 0 saturated heterocycles. The monoisotopic (exact) mass is 225 g/mol. The van der Waals surface area contributed by atoms with Crippen LogP contribution in [0.1, 0.15) is 23.0 Å². The van der Waals surface area contributed by atoms with Crippen molar-refractivity contribution in [2.45, 2.75) is 26.7 Å². The number of aryl methyl sites for hydroxylation is 2. The van der Waals surface area contributed by atoms with Crippen molar-refractivity contribution in [3.05, 3.63) is 29.2 Å². The summed E-state index contributed by atoms with van der Waals surface area (Å²) in [5, 5.41) is 0. The van der Waals surface area contributed by atoms with Crippen molar-refractivity contribution >= 4 is 11.6 Å². The van der Waals surface area contributed by atoms with Crippen LogP contribution in [0.4, 0.5) is 0 Å². The molecule has 15 heavy (non-hydrogen) atoms. The van der Waals surface area contributed by atoms with Gasteiger partial charge in [-0.25, -0.2) is 4.98 Å². The lowest BCUT2D eigenvalue weighted by Gasteiger charge is -1.94. The first-order valence-electron chi connectivity index (χ1n) is 4.71. The van der Waals surface area contributed by atoms with Gasteiger partial charge < -0.3 is 8.83 Å². The number of oxazole rings is 1. The number of hydrogen-bond acceptors (Lipinski definition) is 3. The van der Waals surface area contributed by atoms with Crippen molar-refractivity contribution in [1.29, 1.82) is 0 Å². The molecule has 0 spiro atoms. The lowest BCUT2D eigenvalue weighted by atomic mass is 10.1. The zero-order valence-corrected chi connectivity index (χ0v) is 9.68. The highest BCUT2D eigenvalue weighted by atomic mass is 35.5. The maximum absolute atomic E-state index is 5.63. The largest absolute Gasteiger partial charge is 0.466 e. The first-order chi connectivity index (χ1) is 7.13. The zero-order chi connectivity index (χ0) is 11.0. The van der Waals surface area contributed by atoms with Crippen molar-refractivity contribution in [1.82, 2.24) is 4.98 Å². The Kier molecular flexibility index (Phi) is 2.57. The van der Waals surface area contributed by atoms with Crippen LogP contribution in [-0.4, -0.2) is 4.98 Å². The molecule has 0 atom stereocenters. The number of nitrogens with zero attached hydrogens (tertiary/aromatic N) is 1. The van der Waals surface area contributed by atoms with Crippen LogP contribution in [0, 0.1) is 20.8 Å². The average Bonchev–Trinajstić information content (AvgIpc) is 2.74. The quantitative estimate of drug-likeness (QED) is 0.733. The third-order valence-electron chi connectivity index (χ3n) is 2.48. The summed E-state index contributed by atoms with van der Waals surface area (Å²) in [6.07, 6.45) is 1.68. The molecule has 2 aromatic heterocycles. The molecule has 0 aromatic carbocycles. The normalized spacial score (nSPS) is 10.9. The molecule has 80 valence electrons. The average molecular weight is 226 g/mol. The van der Waals surface area contributed by atoms with E-state index in [4.69, 9.17) is 20.4 Å². The van der Waals surface area contributed by atoms with Crippen LogP contribution in [0.2, 0.25) is 0 Å². The van der Waals surface area contributed by atoms with Gasteiger partial charge >= 0.3 is 0 Å². The highest BCUT2D eigenvalue weighted by molar-refractivity contribution is 6.16. The van der Waals surface area contributed by atoms with Crippen LogP contribution >= 0.6 is 11.6 Å². The van der Waals surface area contributed by atoms with Gasteiger partial charge in [-0.05, 0) is 20.8 Å². The fourth-order valence-corrected chi connectivity index (χ4v) is 1.77. The Hall–Kier alpha value is -1.22. The summed E-state index contributed by atoms with van der Waals surface area (Å²) in [4.78, 5) is 4.06. The molecule has 3 nitrogen and oxygen atoms in total. The molecule has 0 N–H and O–H groups in total. The van der Waals surface area contributed by atoms with Crippen molar-refractivity contribution in [2.75, 3.05) is 0 Å². The third kappa shape index (κ3) is 1.67. The number of aromatic nitrogens is 1. The maximum Gasteiger partial charge on any atom is 0.209 e. The van der Waals surface area contributed by atoms with Crippen LogP contribution in [0.25, 0.3) is 11.3 Å². The van der Waals surface area contributed by atoms with E-state index < -0.39 is 0 Å². The summed E-state index contributed by atoms with van der Waals surface area (Å²) >= 11 is 5.63. The Balaban J connectivity index is 2.53. The van der Waals surface area contributed by atoms with Gasteiger partial charge in [0.2, 0.25) is 5.89 Å². The number of hydrogen-bond donors (Lipinski definition) is 0. The Morgan fingerprint density at radius 1 is 1.20 bits per heavy atom. The van der Waals surface area contributed by atoms with E-state index in [1.54, 1.807) is 6.20 Å². The van der Waals surface area contributed by atoms with E-state index in [1.165, 1.54) is 0 Å². The van der Waals surface area contributed by atoms with Gasteiger partial charge in [0.15, 0.2) is 5.76 Å². The number of rotatable bonds is 2. The molecule has 0 aliphatic carbocycles. The molecule has 0 unspecified atom stereocenters. The summed E-state index contributed by atoms with van der Waals surface area (Å²) in [6, 6.07) is 0. The second-order valence-electron chi connectivity index (χ2n) is 3.47. The summed E-state index contributed by atoms with van der Waals surface area (Å²) < 4.78 is 11.0. The van der Waals surface area contributed by atoms with Gasteiger partial charge in [-0.1, -0.05) is 0 Å². The summed E-state index contributed by atoms with van der Waals surface area (Å²) in [7, 11) is 0. The molecule has 4 heteroatoms. The topological polar surface area (TPSA) is 39.2 Å². The van der Waals surface area contributed by atoms with Gasteiger partial charge in [-0.15, -0.1) is 11.6 Å². The van der Waals surface area contributed by atoms with E-state index in [0.29, 0.717) is 5.89 Å². The summed E-state index contributed by atoms with van der Waals surface area (Å²) in [5.74, 6) is 3.30. The predicted molar refractivity (Wildman–Crippen MR) is 58.0 cm³/mol. The molecular weight excluding hydrogens is 214 g/mol. The van der Waals surface area contributed by atoms with Crippen LogP contribution in [0.5, 0.6) is 0 Å². The van der Waals surface area contributed by atoms with Crippen LogP contribution in [0.3, 0.4) is 0 Å². The van der Waals surface area contributed by atoms with Gasteiger partial charge in [-0.2, -0.15) is 0 Å². The Morgan fingerprint density at radius 2 is 1.93 bits per heavy atom. The fourth-order valence-electron chi connectivity index (χ4n) is 1.64. The minimum atomic E-state index is 0.287. The molecule has 0 radical (unpaired) electrons. The lowest BCUT2D eigenvalue weighted by Crippen LogP contribution is -1.78. The molecule has 0 aliphatic rings. The van der Waals surface area contributed by atoms with E-state index in [-0.39, 0.29) is 5.88 Å². The molecule has 0 aliphatic heterocycles. The molecule has 0 amide bonds. The summed E-state index contributed by atoms with van der Waals surface area (Å²) in [5.41, 5.74) is 2.07. The Bertz CT molecular complexity index is 485. The first-order valence-corrected chi connectivity index (χ1v) is 5.24. The highest BCUT2D eigenvalue weighted by Gasteiger charge is 2.16. The predicted octanol–water partition coefficient (Wildman–Crippen LogP) is 3.60. The van der Waals surface area contributed by atoms with Crippen LogP contribution < -0.4 is 0 Å². The van der Waals surface area contributed by atoms with Crippen molar-refractivity contribution < 1.29 is 8.83 Å². The molecule has 0 saturated carbocycles. The van der Waals surface area contributed by atoms with Gasteiger partial charge in [0.25, 0.3) is 0 Å². The second kappa shape index (κ2) is 3.74. The molecule has 0 fully saturated rings. The Morgan fingerprint density at radius 3 is 2.40 bits per heavy atom. The first kappa shape index (κ1) is 10.3. The number of furan rings is 1. The fraction of sp³-hybridized carbons (Fsp3) is 0.364. The van der Waals surface area contributed by atoms with E-state index in [1.807, 2.05) is 20.8 Å². The maximum atomic E-state index is 5.63. The molecular formula is C11H12ClNO2. The van der Waals surface area contributed by atoms with Gasteiger partial charge in [0.05, 0.1) is 17.6 Å². The van der Waals surface area contributed by atoms with Crippen molar-refractivity contribution in [3.63, 3.8) is 0 Å². The van der Waals surface area contributed by atoms with Crippen LogP contribution in [-0.2, 0) is 5.88 Å². The molecule has 2 heterocycles. The molecule has 2 rings (SSSR count). The zero-order valence-electron chi connectivity index (χ0n) is 8.93. The van der Waals surface area contributed by atoms with Gasteiger partial charge in [0.1, 0.15) is 11.5 Å². The lowest BCUT2D eigenvalue weighted by molar-refractivity contribution is 0.499. The van der Waals surface area contributed by atoms with E-state index in [2.05, 4.69) is 4.98 Å². The SMILES string of the molecule is Cc1oc(C)c(-c2cnc(CCl)o2)c1C. The smallest absolute Gasteiger partial charge is 0.209 e. The Labute approximate surface area is 93.1 Å².